The van der Waals surface area contributed by atoms with E-state index in [0.29, 0.717) is 13.0 Å². The summed E-state index contributed by atoms with van der Waals surface area (Å²) in [5, 5.41) is 0. The summed E-state index contributed by atoms with van der Waals surface area (Å²) in [6.45, 7) is 6.43. The number of amides is 1. The predicted octanol–water partition coefficient (Wildman–Crippen LogP) is 2.80. The summed E-state index contributed by atoms with van der Waals surface area (Å²) in [5.74, 6) is 1.22. The fraction of sp³-hybridized carbons (Fsp3) is 0.611. The predicted molar refractivity (Wildman–Crippen MR) is 89.1 cm³/mol. The Bertz CT molecular complexity index is 494. The smallest absolute Gasteiger partial charge is 0.222 e. The molecule has 4 heteroatoms. The van der Waals surface area contributed by atoms with E-state index in [1.165, 1.54) is 5.56 Å². The minimum atomic E-state index is 0.263. The van der Waals surface area contributed by atoms with Crippen LogP contribution in [0.25, 0.3) is 0 Å². The third kappa shape index (κ3) is 5.02. The van der Waals surface area contributed by atoms with E-state index >= 15 is 0 Å². The van der Waals surface area contributed by atoms with E-state index in [9.17, 15) is 4.79 Å². The first-order valence-electron chi connectivity index (χ1n) is 8.29. The first-order chi connectivity index (χ1) is 10.6. The van der Waals surface area contributed by atoms with Crippen molar-refractivity contribution in [1.82, 2.24) is 4.90 Å². The molecule has 1 heterocycles. The SMILES string of the molecule is Cc1ccc(C)c(OCCCCC(=O)N2CCC(N)CC2)c1. The van der Waals surface area contributed by atoms with E-state index in [-0.39, 0.29) is 11.9 Å². The number of rotatable bonds is 6. The van der Waals surface area contributed by atoms with Gasteiger partial charge in [-0.2, -0.15) is 0 Å². The lowest BCUT2D eigenvalue weighted by molar-refractivity contribution is -0.132. The molecule has 0 unspecified atom stereocenters. The summed E-state index contributed by atoms with van der Waals surface area (Å²) < 4.78 is 5.82. The third-order valence-electron chi connectivity index (χ3n) is 4.28. The van der Waals surface area contributed by atoms with Gasteiger partial charge in [-0.1, -0.05) is 12.1 Å². The van der Waals surface area contributed by atoms with Gasteiger partial charge in [0.15, 0.2) is 0 Å². The van der Waals surface area contributed by atoms with E-state index in [4.69, 9.17) is 10.5 Å². The summed E-state index contributed by atoms with van der Waals surface area (Å²) in [6.07, 6.45) is 4.27. The van der Waals surface area contributed by atoms with Crippen molar-refractivity contribution in [3.63, 3.8) is 0 Å². The maximum absolute atomic E-state index is 12.1. The molecule has 0 atom stereocenters. The molecule has 0 radical (unpaired) electrons. The van der Waals surface area contributed by atoms with Crippen molar-refractivity contribution in [2.24, 2.45) is 5.73 Å². The van der Waals surface area contributed by atoms with Gasteiger partial charge in [0.05, 0.1) is 6.61 Å². The number of ether oxygens (including phenoxy) is 1. The van der Waals surface area contributed by atoms with Crippen molar-refractivity contribution in [2.75, 3.05) is 19.7 Å². The van der Waals surface area contributed by atoms with Crippen LogP contribution in [0.4, 0.5) is 0 Å². The minimum Gasteiger partial charge on any atom is -0.493 e. The molecule has 1 saturated heterocycles. The summed E-state index contributed by atoms with van der Waals surface area (Å²) in [5.41, 5.74) is 8.23. The minimum absolute atomic E-state index is 0.263. The molecule has 0 spiro atoms. The number of hydrogen-bond donors (Lipinski definition) is 1. The number of aryl methyl sites for hydroxylation is 2. The standard InChI is InChI=1S/C18H28N2O2/c1-14-6-7-15(2)17(13-14)22-12-4-3-5-18(21)20-10-8-16(19)9-11-20/h6-7,13,16H,3-5,8-12,19H2,1-2H3. The normalized spacial score (nSPS) is 15.9. The number of nitrogens with zero attached hydrogens (tertiary/aromatic N) is 1. The summed E-state index contributed by atoms with van der Waals surface area (Å²) >= 11 is 0. The van der Waals surface area contributed by atoms with Crippen LogP contribution in [-0.4, -0.2) is 36.5 Å². The van der Waals surface area contributed by atoms with Crippen LogP contribution in [-0.2, 0) is 4.79 Å². The van der Waals surface area contributed by atoms with Crippen LogP contribution in [0.5, 0.6) is 5.75 Å². The quantitative estimate of drug-likeness (QED) is 0.822. The van der Waals surface area contributed by atoms with E-state index in [1.54, 1.807) is 0 Å². The molecule has 0 saturated carbocycles. The Balaban J connectivity index is 1.63. The lowest BCUT2D eigenvalue weighted by atomic mass is 10.1. The molecule has 0 aliphatic carbocycles. The van der Waals surface area contributed by atoms with Gasteiger partial charge in [-0.3, -0.25) is 4.79 Å². The number of likely N-dealkylation sites (tertiary alicyclic amines) is 1. The summed E-state index contributed by atoms with van der Waals surface area (Å²) in [4.78, 5) is 14.0. The number of nitrogens with two attached hydrogens (primary N) is 1. The number of benzene rings is 1. The fourth-order valence-electron chi connectivity index (χ4n) is 2.73. The van der Waals surface area contributed by atoms with Gasteiger partial charge >= 0.3 is 0 Å². The molecule has 22 heavy (non-hydrogen) atoms. The second-order valence-electron chi connectivity index (χ2n) is 6.29. The lowest BCUT2D eigenvalue weighted by Crippen LogP contribution is -2.42. The van der Waals surface area contributed by atoms with Crippen LogP contribution in [0.2, 0.25) is 0 Å². The maximum atomic E-state index is 12.1. The second kappa shape index (κ2) is 8.18. The number of carbonyl (C=O) groups is 1. The number of piperidine rings is 1. The Morgan fingerprint density at radius 1 is 1.27 bits per heavy atom. The van der Waals surface area contributed by atoms with Crippen molar-refractivity contribution in [3.05, 3.63) is 29.3 Å². The summed E-state index contributed by atoms with van der Waals surface area (Å²) in [6, 6.07) is 6.51. The van der Waals surface area contributed by atoms with Gasteiger partial charge in [-0.25, -0.2) is 0 Å². The molecule has 1 aliphatic heterocycles. The topological polar surface area (TPSA) is 55.6 Å². The Morgan fingerprint density at radius 2 is 2.00 bits per heavy atom. The molecule has 1 fully saturated rings. The highest BCUT2D eigenvalue weighted by atomic mass is 16.5. The molecule has 2 rings (SSSR count). The fourth-order valence-corrected chi connectivity index (χ4v) is 2.73. The molecular weight excluding hydrogens is 276 g/mol. The average molecular weight is 304 g/mol. The van der Waals surface area contributed by atoms with E-state index in [2.05, 4.69) is 32.0 Å². The summed E-state index contributed by atoms with van der Waals surface area (Å²) in [7, 11) is 0. The van der Waals surface area contributed by atoms with E-state index in [1.807, 2.05) is 4.90 Å². The zero-order valence-corrected chi connectivity index (χ0v) is 13.8. The lowest BCUT2D eigenvalue weighted by Gasteiger charge is -2.30. The van der Waals surface area contributed by atoms with Gasteiger partial charge < -0.3 is 15.4 Å². The van der Waals surface area contributed by atoms with E-state index < -0.39 is 0 Å². The van der Waals surface area contributed by atoms with Gasteiger partial charge in [0.25, 0.3) is 0 Å². The van der Waals surface area contributed by atoms with Gasteiger partial charge in [0.2, 0.25) is 5.91 Å². The first kappa shape index (κ1) is 16.8. The zero-order chi connectivity index (χ0) is 15.9. The highest BCUT2D eigenvalue weighted by molar-refractivity contribution is 5.76. The van der Waals surface area contributed by atoms with Gasteiger partial charge in [0, 0.05) is 25.6 Å². The van der Waals surface area contributed by atoms with Crippen LogP contribution >= 0.6 is 0 Å². The highest BCUT2D eigenvalue weighted by Crippen LogP contribution is 2.19. The van der Waals surface area contributed by atoms with Gasteiger partial charge in [0.1, 0.15) is 5.75 Å². The third-order valence-corrected chi connectivity index (χ3v) is 4.28. The van der Waals surface area contributed by atoms with Crippen LogP contribution < -0.4 is 10.5 Å². The van der Waals surface area contributed by atoms with Crippen molar-refractivity contribution in [1.29, 1.82) is 0 Å². The molecule has 122 valence electrons. The molecule has 1 aliphatic rings. The van der Waals surface area contributed by atoms with Crippen LogP contribution in [0.1, 0.15) is 43.2 Å². The van der Waals surface area contributed by atoms with Crippen molar-refractivity contribution < 1.29 is 9.53 Å². The highest BCUT2D eigenvalue weighted by Gasteiger charge is 2.19. The van der Waals surface area contributed by atoms with E-state index in [0.717, 1.165) is 50.1 Å². The van der Waals surface area contributed by atoms with Crippen LogP contribution in [0.3, 0.4) is 0 Å². The van der Waals surface area contributed by atoms with Crippen molar-refractivity contribution >= 4 is 5.91 Å². The molecule has 4 nitrogen and oxygen atoms in total. The second-order valence-corrected chi connectivity index (χ2v) is 6.29. The maximum Gasteiger partial charge on any atom is 0.222 e. The zero-order valence-electron chi connectivity index (χ0n) is 13.8. The number of unbranched alkanes of at least 4 members (excludes halogenated alkanes) is 1. The first-order valence-corrected chi connectivity index (χ1v) is 8.29. The molecular formula is C18H28N2O2. The Kier molecular flexibility index (Phi) is 6.25. The molecule has 0 bridgehead atoms. The molecule has 1 aromatic rings. The number of carbonyl (C=O) groups excluding carboxylic acids is 1. The molecule has 1 aromatic carbocycles. The average Bonchev–Trinajstić information content (AvgIpc) is 2.50. The largest absolute Gasteiger partial charge is 0.493 e. The van der Waals surface area contributed by atoms with Crippen molar-refractivity contribution in [2.45, 2.75) is 52.0 Å². The Morgan fingerprint density at radius 3 is 2.73 bits per heavy atom. The van der Waals surface area contributed by atoms with Crippen LogP contribution in [0.15, 0.2) is 18.2 Å². The van der Waals surface area contributed by atoms with Crippen LogP contribution in [0, 0.1) is 13.8 Å². The molecule has 2 N–H and O–H groups in total. The van der Waals surface area contributed by atoms with Gasteiger partial charge in [-0.05, 0) is 56.7 Å². The Labute approximate surface area is 133 Å². The monoisotopic (exact) mass is 304 g/mol. The molecule has 0 aromatic heterocycles. The van der Waals surface area contributed by atoms with Gasteiger partial charge in [-0.15, -0.1) is 0 Å². The molecule has 1 amide bonds. The Hall–Kier alpha value is -1.55. The number of hydrogen-bond acceptors (Lipinski definition) is 3. The van der Waals surface area contributed by atoms with Crippen molar-refractivity contribution in [3.8, 4) is 5.75 Å².